The number of halogens is 3. The van der Waals surface area contributed by atoms with Crippen LogP contribution in [-0.2, 0) is 17.1 Å². The number of aryl methyl sites for hydroxylation is 2. The molecule has 0 aromatic heterocycles. The minimum atomic E-state index is -4.37. The van der Waals surface area contributed by atoms with Gasteiger partial charge in [0.25, 0.3) is 0 Å². The van der Waals surface area contributed by atoms with E-state index in [0.29, 0.717) is 6.42 Å². The molecular weight excluding hydrogens is 554 g/mol. The van der Waals surface area contributed by atoms with Crippen molar-refractivity contribution in [3.8, 4) is 0 Å². The van der Waals surface area contributed by atoms with Gasteiger partial charge >= 0.3 is 6.18 Å². The number of alkyl halides is 3. The zero-order chi connectivity index (χ0) is 29.0. The quantitative estimate of drug-likeness (QED) is 0.195. The minimum absolute atomic E-state index is 0.561. The van der Waals surface area contributed by atoms with Gasteiger partial charge in [-0.25, -0.2) is 0 Å². The van der Waals surface area contributed by atoms with E-state index in [1.54, 1.807) is 23.9 Å². The van der Waals surface area contributed by atoms with Gasteiger partial charge in [-0.3, -0.25) is 0 Å². The topological polar surface area (TPSA) is 0 Å². The standard InChI is InChI=1S/C36H30F3S2/c1-25-9-4-6-13-34(25)27(3)28-11-8-12-31(20-15-28)41(32-21-16-29(17-22-32)36(37,38)39)33-23-18-30(19-24-33)40-35-14-7-5-10-26(35)2/h4-11,13-24H,3,12H2,1-2H3/q+1. The van der Waals surface area contributed by atoms with Crippen LogP contribution in [0.1, 0.15) is 28.7 Å². The predicted octanol–water partition coefficient (Wildman–Crippen LogP) is 11.0. The van der Waals surface area contributed by atoms with E-state index < -0.39 is 22.6 Å². The third-order valence-corrected chi connectivity index (χ3v) is 10.4. The molecule has 4 aromatic carbocycles. The fraction of sp³-hybridized carbons (Fsp3) is 0.111. The lowest BCUT2D eigenvalue weighted by atomic mass is 9.95. The Morgan fingerprint density at radius 3 is 2.00 bits per heavy atom. The molecule has 5 rings (SSSR count). The summed E-state index contributed by atoms with van der Waals surface area (Å²) in [5, 5.41) is 0. The van der Waals surface area contributed by atoms with E-state index in [-0.39, 0.29) is 0 Å². The maximum absolute atomic E-state index is 13.4. The smallest absolute Gasteiger partial charge is 0.166 e. The van der Waals surface area contributed by atoms with Crippen molar-refractivity contribution in [1.82, 2.24) is 0 Å². The Bertz CT molecular complexity index is 1640. The molecule has 0 saturated heterocycles. The molecule has 206 valence electrons. The van der Waals surface area contributed by atoms with Crippen LogP contribution < -0.4 is 0 Å². The van der Waals surface area contributed by atoms with Gasteiger partial charge in [-0.2, -0.15) is 13.2 Å². The van der Waals surface area contributed by atoms with Crippen LogP contribution in [0.4, 0.5) is 13.2 Å². The molecule has 0 heterocycles. The summed E-state index contributed by atoms with van der Waals surface area (Å²) in [5.74, 6) is 0. The summed E-state index contributed by atoms with van der Waals surface area (Å²) in [6, 6.07) is 30.5. The Labute approximate surface area is 247 Å². The Morgan fingerprint density at radius 1 is 0.756 bits per heavy atom. The van der Waals surface area contributed by atoms with Crippen molar-refractivity contribution in [2.24, 2.45) is 0 Å². The third-order valence-electron chi connectivity index (χ3n) is 6.94. The van der Waals surface area contributed by atoms with Crippen LogP contribution in [0.5, 0.6) is 0 Å². The highest BCUT2D eigenvalue weighted by Gasteiger charge is 2.34. The van der Waals surface area contributed by atoms with Crippen molar-refractivity contribution < 1.29 is 13.2 Å². The highest BCUT2D eigenvalue weighted by Crippen LogP contribution is 2.38. The van der Waals surface area contributed by atoms with E-state index in [2.05, 4.69) is 93.3 Å². The number of rotatable bonds is 7. The summed E-state index contributed by atoms with van der Waals surface area (Å²) in [6.07, 6.45) is 4.74. The van der Waals surface area contributed by atoms with Crippen molar-refractivity contribution >= 4 is 28.2 Å². The average molecular weight is 584 g/mol. The van der Waals surface area contributed by atoms with Crippen LogP contribution in [0, 0.1) is 13.8 Å². The van der Waals surface area contributed by atoms with Crippen LogP contribution in [0.2, 0.25) is 0 Å². The van der Waals surface area contributed by atoms with E-state index in [1.165, 1.54) is 22.6 Å². The molecule has 5 heteroatoms. The van der Waals surface area contributed by atoms with Gasteiger partial charge in [0, 0.05) is 16.2 Å². The molecular formula is C36H30F3S2+. The second kappa shape index (κ2) is 12.5. The van der Waals surface area contributed by atoms with Gasteiger partial charge in [-0.15, -0.1) is 0 Å². The largest absolute Gasteiger partial charge is 0.416 e. The second-order valence-corrected chi connectivity index (χ2v) is 13.0. The van der Waals surface area contributed by atoms with Gasteiger partial charge in [0.15, 0.2) is 9.79 Å². The zero-order valence-corrected chi connectivity index (χ0v) is 24.5. The Kier molecular flexibility index (Phi) is 8.77. The summed E-state index contributed by atoms with van der Waals surface area (Å²) in [4.78, 5) is 5.36. The molecule has 0 aliphatic heterocycles. The molecule has 0 saturated carbocycles. The first kappa shape index (κ1) is 28.8. The molecule has 41 heavy (non-hydrogen) atoms. The number of hydrogen-bond acceptors (Lipinski definition) is 1. The zero-order valence-electron chi connectivity index (χ0n) is 22.9. The number of benzene rings is 4. The Balaban J connectivity index is 1.51. The van der Waals surface area contributed by atoms with Crippen LogP contribution in [0.15, 0.2) is 158 Å². The molecule has 0 spiro atoms. The van der Waals surface area contributed by atoms with Crippen LogP contribution >= 0.6 is 11.8 Å². The SMILES string of the molecule is C=C(C1=CC=C([S+](c2ccc(Sc3ccccc3C)cc2)c2ccc(C(F)(F)F)cc2)CC=C1)c1ccccc1C. The molecule has 1 atom stereocenters. The molecule has 0 fully saturated rings. The maximum atomic E-state index is 13.4. The van der Waals surface area contributed by atoms with Crippen LogP contribution in [0.3, 0.4) is 0 Å². The Hall–Kier alpha value is -3.67. The Morgan fingerprint density at radius 2 is 1.37 bits per heavy atom. The lowest BCUT2D eigenvalue weighted by molar-refractivity contribution is -0.137. The fourth-order valence-electron chi connectivity index (χ4n) is 4.69. The number of allylic oxidation sites excluding steroid dienone is 7. The van der Waals surface area contributed by atoms with E-state index in [0.717, 1.165) is 41.9 Å². The molecule has 1 aliphatic carbocycles. The lowest BCUT2D eigenvalue weighted by Crippen LogP contribution is -2.09. The van der Waals surface area contributed by atoms with E-state index >= 15 is 0 Å². The summed E-state index contributed by atoms with van der Waals surface area (Å²) in [6.45, 7) is 8.54. The minimum Gasteiger partial charge on any atom is -0.166 e. The first-order valence-corrected chi connectivity index (χ1v) is 15.3. The average Bonchev–Trinajstić information content (AvgIpc) is 3.21. The van der Waals surface area contributed by atoms with Gasteiger partial charge in [0.1, 0.15) is 4.91 Å². The van der Waals surface area contributed by atoms with Crippen molar-refractivity contribution in [3.63, 3.8) is 0 Å². The number of hydrogen-bond donors (Lipinski definition) is 0. The molecule has 0 bridgehead atoms. The van der Waals surface area contributed by atoms with Crippen molar-refractivity contribution in [1.29, 1.82) is 0 Å². The summed E-state index contributed by atoms with van der Waals surface area (Å²) in [5.41, 5.74) is 4.81. The van der Waals surface area contributed by atoms with E-state index in [4.69, 9.17) is 0 Å². The van der Waals surface area contributed by atoms with Gasteiger partial charge in [-0.05, 0) is 108 Å². The van der Waals surface area contributed by atoms with Gasteiger partial charge in [-0.1, -0.05) is 73.0 Å². The summed E-state index contributed by atoms with van der Waals surface area (Å²) in [7, 11) is -0.561. The van der Waals surface area contributed by atoms with Crippen molar-refractivity contribution in [2.45, 2.75) is 46.0 Å². The van der Waals surface area contributed by atoms with Gasteiger partial charge in [0.2, 0.25) is 0 Å². The molecule has 0 N–H and O–H groups in total. The van der Waals surface area contributed by atoms with Gasteiger partial charge in [0.05, 0.1) is 16.5 Å². The van der Waals surface area contributed by atoms with E-state index in [1.807, 2.05) is 24.3 Å². The predicted molar refractivity (Wildman–Crippen MR) is 167 cm³/mol. The molecule has 0 radical (unpaired) electrons. The lowest BCUT2D eigenvalue weighted by Gasteiger charge is -2.12. The first-order valence-electron chi connectivity index (χ1n) is 13.3. The van der Waals surface area contributed by atoms with Gasteiger partial charge < -0.3 is 0 Å². The van der Waals surface area contributed by atoms with Crippen LogP contribution in [-0.4, -0.2) is 0 Å². The summed E-state index contributed by atoms with van der Waals surface area (Å²) < 4.78 is 40.1. The second-order valence-electron chi connectivity index (χ2n) is 9.82. The first-order chi connectivity index (χ1) is 19.7. The summed E-state index contributed by atoms with van der Waals surface area (Å²) >= 11 is 1.71. The highest BCUT2D eigenvalue weighted by molar-refractivity contribution is 8.00. The normalized spacial score (nSPS) is 14.2. The molecule has 0 nitrogen and oxygen atoms in total. The maximum Gasteiger partial charge on any atom is 0.416 e. The monoisotopic (exact) mass is 583 g/mol. The molecule has 1 aliphatic rings. The fourth-order valence-corrected chi connectivity index (χ4v) is 7.75. The van der Waals surface area contributed by atoms with Crippen molar-refractivity contribution in [2.75, 3.05) is 0 Å². The molecule has 0 amide bonds. The van der Waals surface area contributed by atoms with E-state index in [9.17, 15) is 13.2 Å². The third kappa shape index (κ3) is 6.80. The van der Waals surface area contributed by atoms with Crippen LogP contribution in [0.25, 0.3) is 5.57 Å². The molecule has 4 aromatic rings. The molecule has 1 unspecified atom stereocenters. The van der Waals surface area contributed by atoms with Crippen molar-refractivity contribution in [3.05, 3.63) is 161 Å². The highest BCUT2D eigenvalue weighted by atomic mass is 32.2.